The van der Waals surface area contributed by atoms with E-state index in [1.165, 1.54) is 0 Å². The predicted molar refractivity (Wildman–Crippen MR) is 93.5 cm³/mol. The lowest BCUT2D eigenvalue weighted by atomic mass is 10.1. The van der Waals surface area contributed by atoms with Crippen LogP contribution in [0.1, 0.15) is 19.8 Å². The molecule has 23 heavy (non-hydrogen) atoms. The van der Waals surface area contributed by atoms with Gasteiger partial charge in [0.2, 0.25) is 0 Å². The highest BCUT2D eigenvalue weighted by molar-refractivity contribution is 7.72. The first-order valence-corrected chi connectivity index (χ1v) is 10.9. The molecule has 2 heterocycles. The fourth-order valence-electron chi connectivity index (χ4n) is 2.73. The first-order valence-electron chi connectivity index (χ1n) is 7.82. The van der Waals surface area contributed by atoms with Gasteiger partial charge in [0.15, 0.2) is 6.23 Å². The minimum absolute atomic E-state index is 0.193. The zero-order chi connectivity index (χ0) is 17.4. The second-order valence-corrected chi connectivity index (χ2v) is 11.1. The lowest BCUT2D eigenvalue weighted by Crippen LogP contribution is -2.47. The van der Waals surface area contributed by atoms with Crippen molar-refractivity contribution in [3.8, 4) is 0 Å². The van der Waals surface area contributed by atoms with Crippen LogP contribution in [0.25, 0.3) is 0 Å². The molecule has 0 aromatic heterocycles. The molecule has 0 spiro atoms. The van der Waals surface area contributed by atoms with E-state index in [0.717, 1.165) is 6.16 Å². The van der Waals surface area contributed by atoms with Crippen LogP contribution >= 0.6 is 6.89 Å². The minimum Gasteiger partial charge on any atom is -0.388 e. The largest absolute Gasteiger partial charge is 0.388 e. The van der Waals surface area contributed by atoms with Crippen molar-refractivity contribution in [3.63, 3.8) is 0 Å². The van der Waals surface area contributed by atoms with Gasteiger partial charge in [-0.15, -0.1) is 13.2 Å². The third-order valence-electron chi connectivity index (χ3n) is 4.17. The van der Waals surface area contributed by atoms with Crippen molar-refractivity contribution in [1.82, 2.24) is 10.2 Å². The number of aliphatic hydroxyl groups excluding tert-OH is 2. The second-order valence-electron chi connectivity index (χ2n) is 6.81. The summed E-state index contributed by atoms with van der Waals surface area (Å²) in [5.41, 5.74) is 0.580. The Hall–Kier alpha value is -1.07. The van der Waals surface area contributed by atoms with E-state index < -0.39 is 31.4 Å². The number of carbonyl (C=O) groups excluding carboxylic acids is 1. The standard InChI is InChI=1S/C16H27N2O4P/c1-6-11-9-18(10(2)17-15(11)21)16-14(20)13(19)12(22-16)7-8-23(3,4)5/h9,12-14,16,19-20H,2-3,6-8H2,1,4-5H3,(H,17,21)/t12-,13-,14-,16?/m1/s1. The highest BCUT2D eigenvalue weighted by Crippen LogP contribution is 2.38. The highest BCUT2D eigenvalue weighted by Gasteiger charge is 2.46. The van der Waals surface area contributed by atoms with Gasteiger partial charge in [0.1, 0.15) is 18.0 Å². The molecule has 1 unspecified atom stereocenters. The summed E-state index contributed by atoms with van der Waals surface area (Å²) in [6.07, 6.45) is 4.66. The Labute approximate surface area is 137 Å². The lowest BCUT2D eigenvalue weighted by molar-refractivity contribution is -0.119. The number of nitrogens with zero attached hydrogens (tertiary/aromatic N) is 1. The molecule has 0 aromatic rings. The van der Waals surface area contributed by atoms with Gasteiger partial charge in [-0.25, -0.2) is 0 Å². The Bertz CT molecular complexity index is 568. The van der Waals surface area contributed by atoms with Crippen molar-refractivity contribution in [3.05, 3.63) is 24.2 Å². The summed E-state index contributed by atoms with van der Waals surface area (Å²) in [7, 11) is 0. The summed E-state index contributed by atoms with van der Waals surface area (Å²) >= 11 is 0. The van der Waals surface area contributed by atoms with Crippen LogP contribution in [0.15, 0.2) is 24.2 Å². The van der Waals surface area contributed by atoms with Crippen LogP contribution in [0.4, 0.5) is 0 Å². The Morgan fingerprint density at radius 3 is 2.61 bits per heavy atom. The Balaban J connectivity index is 2.14. The molecule has 0 aliphatic carbocycles. The normalized spacial score (nSPS) is 32.0. The quantitative estimate of drug-likeness (QED) is 0.642. The Kier molecular flexibility index (Phi) is 5.41. The fourth-order valence-corrected chi connectivity index (χ4v) is 3.69. The minimum atomic E-state index is -1.22. The third-order valence-corrected chi connectivity index (χ3v) is 5.64. The fraction of sp³-hybridized carbons (Fsp3) is 0.625. The van der Waals surface area contributed by atoms with Crippen molar-refractivity contribution < 1.29 is 19.7 Å². The SMILES string of the molecule is C=C1NC(=O)C(CC)=CN1C1O[C@H](CCP(=C)(C)C)[C@@H](O)[C@H]1O. The van der Waals surface area contributed by atoms with Gasteiger partial charge in [0.25, 0.3) is 5.91 Å². The van der Waals surface area contributed by atoms with Crippen molar-refractivity contribution >= 4 is 19.1 Å². The number of nitrogens with one attached hydrogen (secondary N) is 1. The van der Waals surface area contributed by atoms with Gasteiger partial charge in [0, 0.05) is 11.8 Å². The van der Waals surface area contributed by atoms with Crippen LogP contribution in [-0.4, -0.2) is 71.4 Å². The van der Waals surface area contributed by atoms with Crippen LogP contribution < -0.4 is 5.32 Å². The van der Waals surface area contributed by atoms with Crippen LogP contribution in [0.5, 0.6) is 0 Å². The molecule has 4 atom stereocenters. The summed E-state index contributed by atoms with van der Waals surface area (Å²) < 4.78 is 5.88. The summed E-state index contributed by atoms with van der Waals surface area (Å²) in [6, 6.07) is 0. The summed E-state index contributed by atoms with van der Waals surface area (Å²) in [4.78, 5) is 13.4. The number of aliphatic hydroxyl groups is 2. The lowest BCUT2D eigenvalue weighted by Gasteiger charge is -2.34. The number of amides is 1. The zero-order valence-electron chi connectivity index (χ0n) is 14.0. The van der Waals surface area contributed by atoms with Gasteiger partial charge >= 0.3 is 0 Å². The van der Waals surface area contributed by atoms with Crippen LogP contribution in [-0.2, 0) is 9.53 Å². The molecule has 0 aromatic carbocycles. The third kappa shape index (κ3) is 4.07. The molecule has 0 bridgehead atoms. The van der Waals surface area contributed by atoms with Crippen molar-refractivity contribution in [1.29, 1.82) is 0 Å². The number of carbonyl (C=O) groups is 1. The molecule has 2 aliphatic heterocycles. The molecule has 2 rings (SSSR count). The Morgan fingerprint density at radius 2 is 2.04 bits per heavy atom. The smallest absolute Gasteiger partial charge is 0.254 e. The molecule has 1 fully saturated rings. The maximum Gasteiger partial charge on any atom is 0.254 e. The van der Waals surface area contributed by atoms with Crippen molar-refractivity contribution in [2.45, 2.75) is 44.3 Å². The van der Waals surface area contributed by atoms with Gasteiger partial charge in [-0.2, -0.15) is 0 Å². The molecule has 0 radical (unpaired) electrons. The maximum absolute atomic E-state index is 11.8. The predicted octanol–water partition coefficient (Wildman–Crippen LogP) is 0.729. The molecule has 130 valence electrons. The number of hydrogen-bond donors (Lipinski definition) is 3. The van der Waals surface area contributed by atoms with Crippen LogP contribution in [0, 0.1) is 0 Å². The maximum atomic E-state index is 11.8. The van der Waals surface area contributed by atoms with E-state index in [-0.39, 0.29) is 5.91 Å². The molecule has 0 saturated carbocycles. The topological polar surface area (TPSA) is 82.0 Å². The van der Waals surface area contributed by atoms with Crippen molar-refractivity contribution in [2.75, 3.05) is 19.5 Å². The molecular formula is C16H27N2O4P. The van der Waals surface area contributed by atoms with Gasteiger partial charge in [0.05, 0.1) is 6.10 Å². The van der Waals surface area contributed by atoms with E-state index in [1.54, 1.807) is 11.1 Å². The van der Waals surface area contributed by atoms with Gasteiger partial charge in [-0.3, -0.25) is 4.79 Å². The number of ether oxygens (including phenoxy) is 1. The van der Waals surface area contributed by atoms with Crippen LogP contribution in [0.3, 0.4) is 0 Å². The summed E-state index contributed by atoms with van der Waals surface area (Å²) in [5, 5.41) is 23.3. The average Bonchev–Trinajstić information content (AvgIpc) is 2.73. The summed E-state index contributed by atoms with van der Waals surface area (Å²) in [6.45, 7) is 8.70. The van der Waals surface area contributed by atoms with E-state index in [4.69, 9.17) is 4.74 Å². The molecule has 2 aliphatic rings. The van der Waals surface area contributed by atoms with Gasteiger partial charge < -0.3 is 25.2 Å². The summed E-state index contributed by atoms with van der Waals surface area (Å²) in [5.74, 6) is 0.149. The number of hydrogen-bond acceptors (Lipinski definition) is 5. The number of rotatable bonds is 5. The Morgan fingerprint density at radius 1 is 1.39 bits per heavy atom. The van der Waals surface area contributed by atoms with E-state index >= 15 is 0 Å². The first kappa shape index (κ1) is 18.3. The average molecular weight is 342 g/mol. The molecule has 7 heteroatoms. The second kappa shape index (κ2) is 6.81. The van der Waals surface area contributed by atoms with E-state index in [0.29, 0.717) is 24.2 Å². The molecular weight excluding hydrogens is 315 g/mol. The molecule has 3 N–H and O–H groups in total. The van der Waals surface area contributed by atoms with Crippen molar-refractivity contribution in [2.24, 2.45) is 0 Å². The van der Waals surface area contributed by atoms with Gasteiger partial charge in [-0.05, 0) is 32.3 Å². The highest BCUT2D eigenvalue weighted by atomic mass is 31.2. The zero-order valence-corrected chi connectivity index (χ0v) is 14.9. The van der Waals surface area contributed by atoms with E-state index in [1.807, 2.05) is 6.92 Å². The van der Waals surface area contributed by atoms with Crippen LogP contribution in [0.2, 0.25) is 0 Å². The molecule has 6 nitrogen and oxygen atoms in total. The van der Waals surface area contributed by atoms with E-state index in [2.05, 4.69) is 31.5 Å². The molecule has 1 amide bonds. The van der Waals surface area contributed by atoms with Gasteiger partial charge in [-0.1, -0.05) is 13.5 Å². The van der Waals surface area contributed by atoms with E-state index in [9.17, 15) is 15.0 Å². The first-order chi connectivity index (χ1) is 10.6. The monoisotopic (exact) mass is 342 g/mol. The molecule has 1 saturated heterocycles.